The molecule has 0 saturated heterocycles. The average molecular weight is 251 g/mol. The van der Waals surface area contributed by atoms with E-state index in [1.54, 1.807) is 18.3 Å². The van der Waals surface area contributed by atoms with Gasteiger partial charge in [-0.1, -0.05) is 12.1 Å². The summed E-state index contributed by atoms with van der Waals surface area (Å²) in [6, 6.07) is 4.84. The lowest BCUT2D eigenvalue weighted by Crippen LogP contribution is -2.25. The molecule has 1 saturated carbocycles. The Morgan fingerprint density at radius 3 is 2.94 bits per heavy atom. The van der Waals surface area contributed by atoms with Gasteiger partial charge in [0.2, 0.25) is 0 Å². The summed E-state index contributed by atoms with van der Waals surface area (Å²) in [5.74, 6) is -0.822. The van der Waals surface area contributed by atoms with Crippen LogP contribution in [0, 0.1) is 0 Å². The maximum Gasteiger partial charge on any atom is 0.330 e. The van der Waals surface area contributed by atoms with Crippen molar-refractivity contribution < 1.29 is 9.90 Å². The second-order valence-corrected chi connectivity index (χ2v) is 5.46. The molecule has 1 fully saturated rings. The van der Waals surface area contributed by atoms with Crippen LogP contribution in [0.25, 0.3) is 0 Å². The van der Waals surface area contributed by atoms with Crippen molar-refractivity contribution in [1.82, 2.24) is 4.90 Å². The van der Waals surface area contributed by atoms with Crippen molar-refractivity contribution in [3.63, 3.8) is 0 Å². The number of nitrogens with zero attached hydrogens (tertiary/aromatic N) is 1. The van der Waals surface area contributed by atoms with Gasteiger partial charge < -0.3 is 5.11 Å². The molecule has 1 aliphatic carbocycles. The van der Waals surface area contributed by atoms with Gasteiger partial charge in [0, 0.05) is 29.6 Å². The standard InChI is InChI=1S/C13H17NO2S/c1-10(13(15)16)6-7-14(11-4-5-11)9-12-3-2-8-17-12/h2-3,6,8,11H,4-5,7,9H2,1H3,(H,15,16). The maximum atomic E-state index is 10.7. The van der Waals surface area contributed by atoms with E-state index in [-0.39, 0.29) is 0 Å². The van der Waals surface area contributed by atoms with Crippen LogP contribution in [0.3, 0.4) is 0 Å². The lowest BCUT2D eigenvalue weighted by atomic mass is 10.2. The molecular weight excluding hydrogens is 234 g/mol. The zero-order chi connectivity index (χ0) is 12.3. The van der Waals surface area contributed by atoms with Gasteiger partial charge in [0.25, 0.3) is 0 Å². The SMILES string of the molecule is CC(=CCN(Cc1cccs1)C1CC1)C(=O)O. The molecule has 1 N–H and O–H groups in total. The number of carboxylic acids is 1. The molecule has 0 radical (unpaired) electrons. The van der Waals surface area contributed by atoms with E-state index in [9.17, 15) is 4.79 Å². The average Bonchev–Trinajstić information content (AvgIpc) is 3.02. The number of aliphatic carboxylic acids is 1. The van der Waals surface area contributed by atoms with Crippen LogP contribution in [0.1, 0.15) is 24.6 Å². The predicted octanol–water partition coefficient (Wildman–Crippen LogP) is 2.74. The molecule has 92 valence electrons. The molecule has 0 aromatic carbocycles. The second kappa shape index (κ2) is 5.47. The number of carbonyl (C=O) groups is 1. The molecule has 1 aliphatic rings. The minimum Gasteiger partial charge on any atom is -0.478 e. The number of carboxylic acid groups (broad SMARTS) is 1. The molecule has 0 amide bonds. The monoisotopic (exact) mass is 251 g/mol. The fourth-order valence-corrected chi connectivity index (χ4v) is 2.46. The van der Waals surface area contributed by atoms with Gasteiger partial charge in [-0.2, -0.15) is 0 Å². The fourth-order valence-electron chi connectivity index (χ4n) is 1.73. The molecular formula is C13H17NO2S. The summed E-state index contributed by atoms with van der Waals surface area (Å²) in [6.07, 6.45) is 4.30. The highest BCUT2D eigenvalue weighted by atomic mass is 32.1. The van der Waals surface area contributed by atoms with E-state index in [1.807, 2.05) is 6.08 Å². The number of rotatable bonds is 6. The Kier molecular flexibility index (Phi) is 3.97. The van der Waals surface area contributed by atoms with Gasteiger partial charge in [-0.25, -0.2) is 4.79 Å². The third-order valence-corrected chi connectivity index (χ3v) is 3.83. The van der Waals surface area contributed by atoms with Crippen molar-refractivity contribution in [2.75, 3.05) is 6.54 Å². The predicted molar refractivity (Wildman–Crippen MR) is 69.1 cm³/mol. The third kappa shape index (κ3) is 3.68. The molecule has 0 unspecified atom stereocenters. The Labute approximate surface area is 105 Å². The van der Waals surface area contributed by atoms with Crippen LogP contribution in [-0.2, 0) is 11.3 Å². The van der Waals surface area contributed by atoms with E-state index in [0.717, 1.165) is 13.1 Å². The van der Waals surface area contributed by atoms with Gasteiger partial charge in [-0.15, -0.1) is 11.3 Å². The molecule has 17 heavy (non-hydrogen) atoms. The van der Waals surface area contributed by atoms with Crippen LogP contribution in [0.4, 0.5) is 0 Å². The zero-order valence-electron chi connectivity index (χ0n) is 9.93. The Morgan fingerprint density at radius 2 is 2.41 bits per heavy atom. The zero-order valence-corrected chi connectivity index (χ0v) is 10.7. The molecule has 4 heteroatoms. The molecule has 0 aliphatic heterocycles. The van der Waals surface area contributed by atoms with E-state index in [0.29, 0.717) is 11.6 Å². The van der Waals surface area contributed by atoms with Crippen LogP contribution in [0.15, 0.2) is 29.2 Å². The highest BCUT2D eigenvalue weighted by molar-refractivity contribution is 7.09. The first-order valence-corrected chi connectivity index (χ1v) is 6.71. The molecule has 1 aromatic rings. The molecule has 0 atom stereocenters. The van der Waals surface area contributed by atoms with Crippen molar-refractivity contribution >= 4 is 17.3 Å². The van der Waals surface area contributed by atoms with Gasteiger partial charge in [-0.3, -0.25) is 4.90 Å². The summed E-state index contributed by atoms with van der Waals surface area (Å²) in [4.78, 5) is 14.4. The van der Waals surface area contributed by atoms with Gasteiger partial charge in [0.15, 0.2) is 0 Å². The van der Waals surface area contributed by atoms with Crippen LogP contribution in [0.5, 0.6) is 0 Å². The summed E-state index contributed by atoms with van der Waals surface area (Å²) in [6.45, 7) is 3.32. The molecule has 0 spiro atoms. The Balaban J connectivity index is 1.94. The second-order valence-electron chi connectivity index (χ2n) is 4.43. The van der Waals surface area contributed by atoms with E-state index in [1.165, 1.54) is 17.7 Å². The first-order valence-electron chi connectivity index (χ1n) is 5.83. The van der Waals surface area contributed by atoms with Crippen molar-refractivity contribution in [3.8, 4) is 0 Å². The summed E-state index contributed by atoms with van der Waals surface area (Å²) >= 11 is 1.76. The summed E-state index contributed by atoms with van der Waals surface area (Å²) in [7, 11) is 0. The lowest BCUT2D eigenvalue weighted by Gasteiger charge is -2.19. The van der Waals surface area contributed by atoms with Crippen molar-refractivity contribution in [2.45, 2.75) is 32.4 Å². The lowest BCUT2D eigenvalue weighted by molar-refractivity contribution is -0.132. The van der Waals surface area contributed by atoms with Crippen molar-refractivity contribution in [1.29, 1.82) is 0 Å². The Bertz CT molecular complexity index is 407. The van der Waals surface area contributed by atoms with Crippen LogP contribution in [-0.4, -0.2) is 28.6 Å². The molecule has 2 rings (SSSR count). The van der Waals surface area contributed by atoms with Crippen LogP contribution < -0.4 is 0 Å². The highest BCUT2D eigenvalue weighted by Gasteiger charge is 2.28. The van der Waals surface area contributed by atoms with Gasteiger partial charge in [-0.05, 0) is 31.2 Å². The number of thiophene rings is 1. The quantitative estimate of drug-likeness (QED) is 0.790. The molecule has 3 nitrogen and oxygen atoms in total. The van der Waals surface area contributed by atoms with Crippen molar-refractivity contribution in [3.05, 3.63) is 34.0 Å². The highest BCUT2D eigenvalue weighted by Crippen LogP contribution is 2.29. The minimum atomic E-state index is -0.822. The largest absolute Gasteiger partial charge is 0.478 e. The number of hydrogen-bond acceptors (Lipinski definition) is 3. The van der Waals surface area contributed by atoms with Gasteiger partial charge >= 0.3 is 5.97 Å². The summed E-state index contributed by atoms with van der Waals surface area (Å²) in [5.41, 5.74) is 0.432. The summed E-state index contributed by atoms with van der Waals surface area (Å²) < 4.78 is 0. The molecule has 1 heterocycles. The fraction of sp³-hybridized carbons (Fsp3) is 0.462. The smallest absolute Gasteiger partial charge is 0.330 e. The third-order valence-electron chi connectivity index (χ3n) is 2.97. The summed E-state index contributed by atoms with van der Waals surface area (Å²) in [5, 5.41) is 10.9. The van der Waals surface area contributed by atoms with E-state index in [2.05, 4.69) is 22.4 Å². The topological polar surface area (TPSA) is 40.5 Å². The van der Waals surface area contributed by atoms with E-state index < -0.39 is 5.97 Å². The van der Waals surface area contributed by atoms with E-state index in [4.69, 9.17) is 5.11 Å². The van der Waals surface area contributed by atoms with E-state index >= 15 is 0 Å². The van der Waals surface area contributed by atoms with Crippen LogP contribution in [0.2, 0.25) is 0 Å². The Morgan fingerprint density at radius 1 is 1.65 bits per heavy atom. The molecule has 0 bridgehead atoms. The minimum absolute atomic E-state index is 0.432. The van der Waals surface area contributed by atoms with Gasteiger partial charge in [0.1, 0.15) is 0 Å². The maximum absolute atomic E-state index is 10.7. The molecule has 1 aromatic heterocycles. The normalized spacial score (nSPS) is 16.5. The number of hydrogen-bond donors (Lipinski definition) is 1. The first-order chi connectivity index (χ1) is 8.16. The Hall–Kier alpha value is -1.13. The van der Waals surface area contributed by atoms with Gasteiger partial charge in [0.05, 0.1) is 0 Å². The van der Waals surface area contributed by atoms with Crippen molar-refractivity contribution in [2.24, 2.45) is 0 Å². The first kappa shape index (κ1) is 12.3. The van der Waals surface area contributed by atoms with Crippen LogP contribution >= 0.6 is 11.3 Å².